The van der Waals surface area contributed by atoms with Gasteiger partial charge >= 0.3 is 5.97 Å². The van der Waals surface area contributed by atoms with Crippen molar-refractivity contribution in [1.82, 2.24) is 0 Å². The van der Waals surface area contributed by atoms with Gasteiger partial charge in [-0.15, -0.1) is 0 Å². The van der Waals surface area contributed by atoms with Gasteiger partial charge in [-0.1, -0.05) is 24.3 Å². The van der Waals surface area contributed by atoms with Gasteiger partial charge in [-0.2, -0.15) is 0 Å². The molecule has 0 bridgehead atoms. The van der Waals surface area contributed by atoms with Crippen molar-refractivity contribution in [3.8, 4) is 0 Å². The molecule has 2 amide bonds. The van der Waals surface area contributed by atoms with E-state index in [1.807, 2.05) is 25.1 Å². The van der Waals surface area contributed by atoms with E-state index in [-0.39, 0.29) is 11.5 Å². The number of nitrogens with one attached hydrogen (secondary N) is 2. The van der Waals surface area contributed by atoms with Gasteiger partial charge in [0.1, 0.15) is 11.3 Å². The van der Waals surface area contributed by atoms with Crippen LogP contribution in [0.3, 0.4) is 0 Å². The minimum atomic E-state index is -0.656. The summed E-state index contributed by atoms with van der Waals surface area (Å²) in [7, 11) is 0. The first-order valence-corrected chi connectivity index (χ1v) is 8.92. The van der Waals surface area contributed by atoms with Gasteiger partial charge in [0.25, 0.3) is 11.8 Å². The number of rotatable bonds is 6. The number of para-hydroxylation sites is 1. The lowest BCUT2D eigenvalue weighted by Crippen LogP contribution is -2.23. The maximum atomic E-state index is 12.6. The third-order valence-corrected chi connectivity index (χ3v) is 4.13. The van der Waals surface area contributed by atoms with Crippen LogP contribution in [0.1, 0.15) is 32.0 Å². The molecular formula is C22H20N2O5. The highest BCUT2D eigenvalue weighted by molar-refractivity contribution is 6.10. The van der Waals surface area contributed by atoms with E-state index >= 15 is 0 Å². The Bertz CT molecular complexity index is 1050. The van der Waals surface area contributed by atoms with Crippen LogP contribution < -0.4 is 10.6 Å². The van der Waals surface area contributed by atoms with Crippen LogP contribution in [0.4, 0.5) is 11.4 Å². The third-order valence-electron chi connectivity index (χ3n) is 4.13. The van der Waals surface area contributed by atoms with Crippen molar-refractivity contribution in [2.75, 3.05) is 17.2 Å². The molecule has 0 radical (unpaired) electrons. The Morgan fingerprint density at radius 2 is 1.72 bits per heavy atom. The Morgan fingerprint density at radius 1 is 0.931 bits per heavy atom. The number of carbonyl (C=O) groups excluding carboxylic acids is 3. The molecule has 7 heteroatoms. The summed E-state index contributed by atoms with van der Waals surface area (Å²) in [6.07, 6.45) is 1.37. The van der Waals surface area contributed by atoms with Gasteiger partial charge in [-0.3, -0.25) is 9.59 Å². The van der Waals surface area contributed by atoms with E-state index in [4.69, 9.17) is 9.15 Å². The molecule has 148 valence electrons. The summed E-state index contributed by atoms with van der Waals surface area (Å²) in [6, 6.07) is 15.5. The van der Waals surface area contributed by atoms with Crippen molar-refractivity contribution in [2.45, 2.75) is 13.8 Å². The molecule has 1 heterocycles. The van der Waals surface area contributed by atoms with Gasteiger partial charge < -0.3 is 19.8 Å². The number of amides is 2. The minimum Gasteiger partial charge on any atom is -0.469 e. The first-order valence-electron chi connectivity index (χ1n) is 8.92. The summed E-state index contributed by atoms with van der Waals surface area (Å²) in [5, 5.41) is 5.41. The molecule has 0 aliphatic carbocycles. The topological polar surface area (TPSA) is 97.6 Å². The zero-order valence-electron chi connectivity index (χ0n) is 16.0. The molecule has 29 heavy (non-hydrogen) atoms. The summed E-state index contributed by atoms with van der Waals surface area (Å²) in [5.41, 5.74) is 2.54. The second-order valence-corrected chi connectivity index (χ2v) is 6.38. The van der Waals surface area contributed by atoms with E-state index in [0.717, 1.165) is 5.56 Å². The number of ether oxygens (including phenoxy) is 1. The van der Waals surface area contributed by atoms with Gasteiger partial charge in [0.05, 0.1) is 17.5 Å². The van der Waals surface area contributed by atoms with E-state index in [1.54, 1.807) is 37.3 Å². The Balaban J connectivity index is 1.64. The number of anilines is 2. The zero-order valence-corrected chi connectivity index (χ0v) is 16.0. The van der Waals surface area contributed by atoms with Crippen molar-refractivity contribution in [2.24, 2.45) is 0 Å². The Morgan fingerprint density at radius 3 is 2.45 bits per heavy atom. The van der Waals surface area contributed by atoms with E-state index in [0.29, 0.717) is 22.7 Å². The molecule has 3 aromatic rings. The molecule has 0 spiro atoms. The average molecular weight is 392 g/mol. The summed E-state index contributed by atoms with van der Waals surface area (Å²) in [6.45, 7) is 3.06. The van der Waals surface area contributed by atoms with E-state index in [2.05, 4.69) is 10.6 Å². The molecule has 3 rings (SSSR count). The average Bonchev–Trinajstić information content (AvgIpc) is 3.12. The van der Waals surface area contributed by atoms with Crippen LogP contribution >= 0.6 is 0 Å². The highest BCUT2D eigenvalue weighted by atomic mass is 16.5. The highest BCUT2D eigenvalue weighted by Gasteiger charge is 2.17. The van der Waals surface area contributed by atoms with Crippen LogP contribution in [0.2, 0.25) is 0 Å². The molecule has 2 aromatic carbocycles. The van der Waals surface area contributed by atoms with E-state index < -0.39 is 18.5 Å². The molecule has 0 saturated carbocycles. The number of hydrogen-bond acceptors (Lipinski definition) is 5. The summed E-state index contributed by atoms with van der Waals surface area (Å²) in [4.78, 5) is 36.8. The SMILES string of the molecule is Cc1cccc(NC(=O)c2ccccc2NC(=O)COC(=O)c2ccoc2C)c1. The molecule has 7 nitrogen and oxygen atoms in total. The lowest BCUT2D eigenvalue weighted by Gasteiger charge is -2.12. The number of furan rings is 1. The fourth-order valence-corrected chi connectivity index (χ4v) is 2.70. The maximum absolute atomic E-state index is 12.6. The van der Waals surface area contributed by atoms with Gasteiger partial charge in [-0.05, 0) is 49.7 Å². The quantitative estimate of drug-likeness (QED) is 0.619. The molecule has 0 atom stereocenters. The molecule has 0 aliphatic heterocycles. The summed E-state index contributed by atoms with van der Waals surface area (Å²) < 4.78 is 10.0. The Labute approximate surface area is 167 Å². The number of carbonyl (C=O) groups is 3. The number of hydrogen-bond donors (Lipinski definition) is 2. The molecule has 0 saturated heterocycles. The molecule has 0 unspecified atom stereocenters. The number of esters is 1. The minimum absolute atomic E-state index is 0.260. The third kappa shape index (κ3) is 5.10. The smallest absolute Gasteiger partial charge is 0.342 e. The Hall–Kier alpha value is -3.87. The second-order valence-electron chi connectivity index (χ2n) is 6.38. The van der Waals surface area contributed by atoms with Crippen LogP contribution in [-0.4, -0.2) is 24.4 Å². The number of aryl methyl sites for hydroxylation is 2. The standard InChI is InChI=1S/C22H20N2O5/c1-14-6-5-7-16(12-14)23-21(26)18-8-3-4-9-19(18)24-20(25)13-29-22(27)17-10-11-28-15(17)2/h3-12H,13H2,1-2H3,(H,23,26)(H,24,25). The van der Waals surface area contributed by atoms with Crippen LogP contribution in [0, 0.1) is 13.8 Å². The first-order chi connectivity index (χ1) is 13.9. The van der Waals surface area contributed by atoms with Crippen molar-refractivity contribution in [1.29, 1.82) is 0 Å². The number of benzene rings is 2. The van der Waals surface area contributed by atoms with Crippen molar-refractivity contribution in [3.63, 3.8) is 0 Å². The van der Waals surface area contributed by atoms with Crippen LogP contribution in [0.15, 0.2) is 65.3 Å². The zero-order chi connectivity index (χ0) is 20.8. The molecule has 1 aromatic heterocycles. The summed E-state index contributed by atoms with van der Waals surface area (Å²) >= 11 is 0. The predicted octanol–water partition coefficient (Wildman–Crippen LogP) is 3.94. The van der Waals surface area contributed by atoms with Crippen LogP contribution in [0.5, 0.6) is 0 Å². The second kappa shape index (κ2) is 8.88. The first kappa shape index (κ1) is 19.9. The fraction of sp³-hybridized carbons (Fsp3) is 0.136. The normalized spacial score (nSPS) is 10.3. The molecule has 0 fully saturated rings. The predicted molar refractivity (Wildman–Crippen MR) is 108 cm³/mol. The van der Waals surface area contributed by atoms with Gasteiger partial charge in [0.2, 0.25) is 0 Å². The lowest BCUT2D eigenvalue weighted by molar-refractivity contribution is -0.119. The van der Waals surface area contributed by atoms with Crippen molar-refractivity contribution in [3.05, 3.63) is 83.3 Å². The lowest BCUT2D eigenvalue weighted by atomic mass is 10.1. The monoisotopic (exact) mass is 392 g/mol. The van der Waals surface area contributed by atoms with Gasteiger partial charge in [0, 0.05) is 5.69 Å². The van der Waals surface area contributed by atoms with Crippen molar-refractivity contribution < 1.29 is 23.5 Å². The molecule has 0 aliphatic rings. The fourth-order valence-electron chi connectivity index (χ4n) is 2.70. The van der Waals surface area contributed by atoms with Crippen LogP contribution in [-0.2, 0) is 9.53 Å². The van der Waals surface area contributed by atoms with E-state index in [9.17, 15) is 14.4 Å². The summed E-state index contributed by atoms with van der Waals surface area (Å²) in [5.74, 6) is -1.17. The van der Waals surface area contributed by atoms with E-state index in [1.165, 1.54) is 12.3 Å². The largest absolute Gasteiger partial charge is 0.469 e. The van der Waals surface area contributed by atoms with Gasteiger partial charge in [0.15, 0.2) is 6.61 Å². The molecule has 2 N–H and O–H groups in total. The van der Waals surface area contributed by atoms with Crippen LogP contribution in [0.25, 0.3) is 0 Å². The van der Waals surface area contributed by atoms with Gasteiger partial charge in [-0.25, -0.2) is 4.79 Å². The van der Waals surface area contributed by atoms with Crippen molar-refractivity contribution >= 4 is 29.2 Å². The highest BCUT2D eigenvalue weighted by Crippen LogP contribution is 2.18. The Kier molecular flexibility index (Phi) is 6.09. The maximum Gasteiger partial charge on any atom is 0.342 e. The molecular weight excluding hydrogens is 372 g/mol.